The van der Waals surface area contributed by atoms with E-state index in [9.17, 15) is 0 Å². The van der Waals surface area contributed by atoms with Gasteiger partial charge in [-0.2, -0.15) is 0 Å². The van der Waals surface area contributed by atoms with Crippen molar-refractivity contribution in [3.63, 3.8) is 0 Å². The van der Waals surface area contributed by atoms with Crippen molar-refractivity contribution in [2.45, 2.75) is 6.54 Å². The fraction of sp³-hybridized carbons (Fsp3) is 0.0588. The molecule has 112 valence electrons. The predicted octanol–water partition coefficient (Wildman–Crippen LogP) is 2.57. The minimum Gasteiger partial charge on any atom is -0.246 e. The lowest BCUT2D eigenvalue weighted by atomic mass is 10.2. The molecule has 0 atom stereocenters. The molecule has 0 saturated carbocycles. The molecule has 0 N–H and O–H groups in total. The van der Waals surface area contributed by atoms with Gasteiger partial charge in [0.2, 0.25) is 0 Å². The van der Waals surface area contributed by atoms with E-state index in [0.29, 0.717) is 6.54 Å². The summed E-state index contributed by atoms with van der Waals surface area (Å²) in [6, 6.07) is 19.9. The van der Waals surface area contributed by atoms with Gasteiger partial charge in [0, 0.05) is 5.56 Å². The van der Waals surface area contributed by atoms with E-state index in [1.165, 1.54) is 0 Å². The Morgan fingerprint density at radius 2 is 1.48 bits per heavy atom. The van der Waals surface area contributed by atoms with Crippen LogP contribution in [0.4, 0.5) is 0 Å². The van der Waals surface area contributed by atoms with Crippen LogP contribution >= 0.6 is 0 Å². The molecular formula is C17H14N6. The largest absolute Gasteiger partial charge is 0.246 e. The third-order valence-electron chi connectivity index (χ3n) is 3.49. The molecule has 2 aromatic carbocycles. The van der Waals surface area contributed by atoms with E-state index >= 15 is 0 Å². The first-order valence-electron chi connectivity index (χ1n) is 7.31. The molecule has 4 aromatic rings. The standard InChI is InChI=1S/C17H14N6/c1-3-7-14(8-4-1)17-13-22(20-19-17)11-15-12-23(21-18-15)16-9-5-2-6-10-16/h1-10,12-13H,11H2. The van der Waals surface area contributed by atoms with Crippen LogP contribution in [0.15, 0.2) is 73.1 Å². The van der Waals surface area contributed by atoms with Crippen LogP contribution in [0.1, 0.15) is 5.69 Å². The third kappa shape index (κ3) is 2.87. The minimum absolute atomic E-state index is 0.534. The molecular weight excluding hydrogens is 288 g/mol. The van der Waals surface area contributed by atoms with E-state index < -0.39 is 0 Å². The van der Waals surface area contributed by atoms with Crippen LogP contribution in [-0.2, 0) is 6.54 Å². The van der Waals surface area contributed by atoms with Crippen LogP contribution in [0.2, 0.25) is 0 Å². The van der Waals surface area contributed by atoms with Crippen LogP contribution in [0.5, 0.6) is 0 Å². The molecule has 4 rings (SSSR count). The normalized spacial score (nSPS) is 10.8. The number of nitrogens with zero attached hydrogens (tertiary/aromatic N) is 6. The van der Waals surface area contributed by atoms with E-state index in [1.807, 2.05) is 73.1 Å². The first kappa shape index (κ1) is 13.4. The molecule has 2 heterocycles. The first-order chi connectivity index (χ1) is 11.4. The second-order valence-electron chi connectivity index (χ2n) is 5.16. The molecule has 0 radical (unpaired) electrons. The number of hydrogen-bond donors (Lipinski definition) is 0. The molecule has 0 saturated heterocycles. The zero-order chi connectivity index (χ0) is 15.5. The van der Waals surface area contributed by atoms with Crippen LogP contribution < -0.4 is 0 Å². The summed E-state index contributed by atoms with van der Waals surface area (Å²) >= 11 is 0. The predicted molar refractivity (Wildman–Crippen MR) is 85.9 cm³/mol. The smallest absolute Gasteiger partial charge is 0.113 e. The van der Waals surface area contributed by atoms with Gasteiger partial charge in [-0.25, -0.2) is 9.36 Å². The molecule has 0 spiro atoms. The Kier molecular flexibility index (Phi) is 3.40. The van der Waals surface area contributed by atoms with Crippen molar-refractivity contribution in [1.29, 1.82) is 0 Å². The van der Waals surface area contributed by atoms with Crippen molar-refractivity contribution in [1.82, 2.24) is 30.0 Å². The Morgan fingerprint density at radius 3 is 2.26 bits per heavy atom. The second-order valence-corrected chi connectivity index (χ2v) is 5.16. The molecule has 0 aliphatic carbocycles. The third-order valence-corrected chi connectivity index (χ3v) is 3.49. The van der Waals surface area contributed by atoms with Gasteiger partial charge in [0.1, 0.15) is 11.4 Å². The monoisotopic (exact) mass is 302 g/mol. The summed E-state index contributed by atoms with van der Waals surface area (Å²) in [5.74, 6) is 0. The molecule has 23 heavy (non-hydrogen) atoms. The quantitative estimate of drug-likeness (QED) is 0.581. The van der Waals surface area contributed by atoms with Crippen molar-refractivity contribution in [3.8, 4) is 16.9 Å². The highest BCUT2D eigenvalue weighted by Crippen LogP contribution is 2.15. The van der Waals surface area contributed by atoms with Gasteiger partial charge in [-0.1, -0.05) is 59.0 Å². The Morgan fingerprint density at radius 1 is 0.739 bits per heavy atom. The van der Waals surface area contributed by atoms with Gasteiger partial charge in [-0.3, -0.25) is 0 Å². The summed E-state index contributed by atoms with van der Waals surface area (Å²) in [7, 11) is 0. The number of rotatable bonds is 4. The Hall–Kier alpha value is -3.28. The number of aromatic nitrogens is 6. The fourth-order valence-electron chi connectivity index (χ4n) is 2.36. The van der Waals surface area contributed by atoms with Crippen molar-refractivity contribution < 1.29 is 0 Å². The van der Waals surface area contributed by atoms with Gasteiger partial charge in [-0.05, 0) is 12.1 Å². The van der Waals surface area contributed by atoms with Gasteiger partial charge in [0.15, 0.2) is 0 Å². The summed E-state index contributed by atoms with van der Waals surface area (Å²) in [6.45, 7) is 0.534. The van der Waals surface area contributed by atoms with E-state index in [4.69, 9.17) is 0 Å². The maximum Gasteiger partial charge on any atom is 0.113 e. The minimum atomic E-state index is 0.534. The van der Waals surface area contributed by atoms with Gasteiger partial charge < -0.3 is 0 Å². The highest BCUT2D eigenvalue weighted by Gasteiger charge is 2.07. The Bertz CT molecular complexity index is 819. The molecule has 0 bridgehead atoms. The molecule has 0 unspecified atom stereocenters. The Labute approximate surface area is 133 Å². The average Bonchev–Trinajstić information content (AvgIpc) is 3.27. The maximum atomic E-state index is 4.21. The van der Waals surface area contributed by atoms with Crippen molar-refractivity contribution >= 4 is 0 Å². The first-order valence-corrected chi connectivity index (χ1v) is 7.31. The van der Waals surface area contributed by atoms with Gasteiger partial charge in [-0.15, -0.1) is 10.2 Å². The SMILES string of the molecule is c1ccc(-c2cn(Cc3cn(-c4ccccc4)nn3)nn2)cc1. The lowest BCUT2D eigenvalue weighted by Crippen LogP contribution is -2.00. The summed E-state index contributed by atoms with van der Waals surface area (Å²) < 4.78 is 3.52. The average molecular weight is 302 g/mol. The Balaban J connectivity index is 1.53. The fourth-order valence-corrected chi connectivity index (χ4v) is 2.36. The van der Waals surface area contributed by atoms with Crippen LogP contribution in [-0.4, -0.2) is 30.0 Å². The van der Waals surface area contributed by atoms with Crippen molar-refractivity contribution in [3.05, 3.63) is 78.8 Å². The van der Waals surface area contributed by atoms with Crippen molar-refractivity contribution in [2.75, 3.05) is 0 Å². The molecule has 0 aliphatic rings. The van der Waals surface area contributed by atoms with Gasteiger partial charge in [0.25, 0.3) is 0 Å². The van der Waals surface area contributed by atoms with Crippen LogP contribution in [0, 0.1) is 0 Å². The summed E-state index contributed by atoms with van der Waals surface area (Å²) in [5.41, 5.74) is 3.71. The molecule has 0 amide bonds. The van der Waals surface area contributed by atoms with Crippen LogP contribution in [0.3, 0.4) is 0 Å². The van der Waals surface area contributed by atoms with Crippen LogP contribution in [0.25, 0.3) is 16.9 Å². The molecule has 0 aliphatic heterocycles. The number of para-hydroxylation sites is 1. The summed E-state index contributed by atoms with van der Waals surface area (Å²) in [6.07, 6.45) is 3.82. The molecule has 6 heteroatoms. The lowest BCUT2D eigenvalue weighted by molar-refractivity contribution is 0.637. The zero-order valence-corrected chi connectivity index (χ0v) is 12.3. The van der Waals surface area contributed by atoms with Gasteiger partial charge in [0.05, 0.1) is 24.6 Å². The molecule has 6 nitrogen and oxygen atoms in total. The van der Waals surface area contributed by atoms with E-state index in [0.717, 1.165) is 22.6 Å². The molecule has 0 fully saturated rings. The summed E-state index contributed by atoms with van der Waals surface area (Å²) in [5, 5.41) is 16.7. The van der Waals surface area contributed by atoms with E-state index in [2.05, 4.69) is 20.6 Å². The summed E-state index contributed by atoms with van der Waals surface area (Å²) in [4.78, 5) is 0. The lowest BCUT2D eigenvalue weighted by Gasteiger charge is -1.97. The second kappa shape index (κ2) is 5.84. The van der Waals surface area contributed by atoms with Crippen molar-refractivity contribution in [2.24, 2.45) is 0 Å². The number of benzene rings is 2. The van der Waals surface area contributed by atoms with E-state index in [-0.39, 0.29) is 0 Å². The topological polar surface area (TPSA) is 61.4 Å². The highest BCUT2D eigenvalue weighted by molar-refractivity contribution is 5.57. The molecule has 2 aromatic heterocycles. The number of hydrogen-bond acceptors (Lipinski definition) is 4. The van der Waals surface area contributed by atoms with Gasteiger partial charge >= 0.3 is 0 Å². The maximum absolute atomic E-state index is 4.21. The van der Waals surface area contributed by atoms with E-state index in [1.54, 1.807) is 9.36 Å². The highest BCUT2D eigenvalue weighted by atomic mass is 15.5. The zero-order valence-electron chi connectivity index (χ0n) is 12.3.